The standard InChI is InChI=1S/C24H18/c1-3-15-7-11-19(21-13-9-17(5-1)23(15)21)20-12-8-16-4-2-6-18-10-14-22(20)24(16)18/h1-14,19-22H. The zero-order valence-corrected chi connectivity index (χ0v) is 13.4. The lowest BCUT2D eigenvalue weighted by Gasteiger charge is -2.36. The Balaban J connectivity index is 1.47. The normalized spacial score (nSPS) is 29.8. The van der Waals surface area contributed by atoms with Gasteiger partial charge in [-0.1, -0.05) is 85.0 Å². The lowest BCUT2D eigenvalue weighted by molar-refractivity contribution is 0.406. The maximum absolute atomic E-state index is 2.46. The first-order chi connectivity index (χ1) is 11.9. The Morgan fingerprint density at radius 3 is 1.25 bits per heavy atom. The van der Waals surface area contributed by atoms with E-state index in [1.165, 1.54) is 22.3 Å². The van der Waals surface area contributed by atoms with Crippen molar-refractivity contribution in [1.82, 2.24) is 0 Å². The Morgan fingerprint density at radius 2 is 0.833 bits per heavy atom. The molecule has 0 amide bonds. The Bertz CT molecular complexity index is 902. The Hall–Kier alpha value is -2.60. The van der Waals surface area contributed by atoms with Crippen molar-refractivity contribution in [3.05, 3.63) is 94.1 Å². The SMILES string of the molecule is C1=CC2c3c1cccc3C=CC2C1C=Cc2cccc3c2C1C=C3. The van der Waals surface area contributed by atoms with Gasteiger partial charge in [0, 0.05) is 11.8 Å². The van der Waals surface area contributed by atoms with Gasteiger partial charge in [-0.2, -0.15) is 0 Å². The summed E-state index contributed by atoms with van der Waals surface area (Å²) in [5, 5.41) is 0. The maximum atomic E-state index is 2.46. The van der Waals surface area contributed by atoms with E-state index in [0.717, 1.165) is 0 Å². The van der Waals surface area contributed by atoms with Gasteiger partial charge in [0.05, 0.1) is 0 Å². The summed E-state index contributed by atoms with van der Waals surface area (Å²) in [4.78, 5) is 0. The topological polar surface area (TPSA) is 0 Å². The fourth-order valence-electron chi connectivity index (χ4n) is 5.21. The van der Waals surface area contributed by atoms with Gasteiger partial charge in [-0.25, -0.2) is 0 Å². The Morgan fingerprint density at radius 1 is 0.458 bits per heavy atom. The highest BCUT2D eigenvalue weighted by atomic mass is 14.4. The first-order valence-electron chi connectivity index (χ1n) is 8.89. The molecule has 0 heteroatoms. The quantitative estimate of drug-likeness (QED) is 0.616. The van der Waals surface area contributed by atoms with Crippen LogP contribution in [-0.4, -0.2) is 0 Å². The molecule has 2 aromatic carbocycles. The van der Waals surface area contributed by atoms with E-state index in [9.17, 15) is 0 Å². The van der Waals surface area contributed by atoms with Crippen molar-refractivity contribution >= 4 is 24.3 Å². The molecule has 0 bridgehead atoms. The van der Waals surface area contributed by atoms with E-state index in [0.29, 0.717) is 23.7 Å². The van der Waals surface area contributed by atoms with Gasteiger partial charge in [-0.3, -0.25) is 0 Å². The molecule has 0 aliphatic heterocycles. The highest BCUT2D eigenvalue weighted by Crippen LogP contribution is 2.52. The smallest absolute Gasteiger partial charge is 0.0102 e. The van der Waals surface area contributed by atoms with Crippen molar-refractivity contribution in [1.29, 1.82) is 0 Å². The first kappa shape index (κ1) is 12.8. The molecule has 24 heavy (non-hydrogen) atoms. The molecular weight excluding hydrogens is 288 g/mol. The van der Waals surface area contributed by atoms with Crippen LogP contribution in [-0.2, 0) is 0 Å². The zero-order valence-electron chi connectivity index (χ0n) is 13.4. The van der Waals surface area contributed by atoms with Crippen molar-refractivity contribution < 1.29 is 0 Å². The molecule has 0 fully saturated rings. The number of hydrogen-bond donors (Lipinski definition) is 0. The summed E-state index contributed by atoms with van der Waals surface area (Å²) in [6, 6.07) is 13.4. The maximum Gasteiger partial charge on any atom is 0.0102 e. The molecule has 4 atom stereocenters. The summed E-state index contributed by atoms with van der Waals surface area (Å²) in [5.74, 6) is 2.14. The number of hydrogen-bond acceptors (Lipinski definition) is 0. The summed E-state index contributed by atoms with van der Waals surface area (Å²) in [7, 11) is 0. The molecule has 0 N–H and O–H groups in total. The van der Waals surface area contributed by atoms with Crippen LogP contribution >= 0.6 is 0 Å². The van der Waals surface area contributed by atoms with Crippen LogP contribution in [0, 0.1) is 11.8 Å². The van der Waals surface area contributed by atoms with Crippen LogP contribution in [0.3, 0.4) is 0 Å². The highest BCUT2D eigenvalue weighted by Gasteiger charge is 2.39. The molecule has 2 aromatic rings. The third-order valence-electron chi connectivity index (χ3n) is 6.25. The van der Waals surface area contributed by atoms with Gasteiger partial charge in [0.1, 0.15) is 0 Å². The van der Waals surface area contributed by atoms with Gasteiger partial charge >= 0.3 is 0 Å². The molecule has 4 aliphatic rings. The van der Waals surface area contributed by atoms with Gasteiger partial charge in [-0.15, -0.1) is 0 Å². The van der Waals surface area contributed by atoms with Crippen molar-refractivity contribution in [2.75, 3.05) is 0 Å². The van der Waals surface area contributed by atoms with Crippen molar-refractivity contribution in [3.63, 3.8) is 0 Å². The number of benzene rings is 2. The molecule has 6 rings (SSSR count). The van der Waals surface area contributed by atoms with Crippen LogP contribution in [0.15, 0.2) is 60.7 Å². The van der Waals surface area contributed by atoms with Crippen LogP contribution in [0.25, 0.3) is 24.3 Å². The summed E-state index contributed by atoms with van der Waals surface area (Å²) in [5.41, 5.74) is 8.71. The van der Waals surface area contributed by atoms with Crippen LogP contribution in [0.2, 0.25) is 0 Å². The third-order valence-corrected chi connectivity index (χ3v) is 6.25. The van der Waals surface area contributed by atoms with Crippen LogP contribution in [0.4, 0.5) is 0 Å². The summed E-state index contributed by atoms with van der Waals surface area (Å²) in [6.45, 7) is 0. The van der Waals surface area contributed by atoms with Gasteiger partial charge in [0.2, 0.25) is 0 Å². The Labute approximate surface area is 142 Å². The predicted octanol–water partition coefficient (Wildman–Crippen LogP) is 5.89. The lowest BCUT2D eigenvalue weighted by atomic mass is 9.67. The minimum atomic E-state index is 0.526. The molecule has 114 valence electrons. The van der Waals surface area contributed by atoms with E-state index in [2.05, 4.69) is 85.0 Å². The average molecular weight is 306 g/mol. The van der Waals surface area contributed by atoms with Crippen molar-refractivity contribution in [3.8, 4) is 0 Å². The minimum absolute atomic E-state index is 0.526. The molecule has 4 aliphatic carbocycles. The third kappa shape index (κ3) is 1.54. The fourth-order valence-corrected chi connectivity index (χ4v) is 5.21. The van der Waals surface area contributed by atoms with E-state index >= 15 is 0 Å². The van der Waals surface area contributed by atoms with E-state index in [1.54, 1.807) is 11.1 Å². The molecule has 0 aromatic heterocycles. The molecule has 0 spiro atoms. The van der Waals surface area contributed by atoms with Crippen LogP contribution in [0.5, 0.6) is 0 Å². The lowest BCUT2D eigenvalue weighted by Crippen LogP contribution is -2.26. The molecule has 0 saturated carbocycles. The largest absolute Gasteiger partial charge is 0.0793 e. The minimum Gasteiger partial charge on any atom is -0.0793 e. The second-order valence-corrected chi connectivity index (χ2v) is 7.34. The van der Waals surface area contributed by atoms with E-state index in [1.807, 2.05) is 0 Å². The number of rotatable bonds is 1. The highest BCUT2D eigenvalue weighted by molar-refractivity contribution is 5.75. The average Bonchev–Trinajstić information content (AvgIpc) is 3.24. The molecular formula is C24H18. The number of allylic oxidation sites excluding steroid dienone is 4. The van der Waals surface area contributed by atoms with Gasteiger partial charge in [0.15, 0.2) is 0 Å². The first-order valence-corrected chi connectivity index (χ1v) is 8.89. The summed E-state index contributed by atoms with van der Waals surface area (Å²) in [6.07, 6.45) is 19.1. The summed E-state index contributed by atoms with van der Waals surface area (Å²) >= 11 is 0. The van der Waals surface area contributed by atoms with E-state index < -0.39 is 0 Å². The van der Waals surface area contributed by atoms with Gasteiger partial charge in [0.25, 0.3) is 0 Å². The van der Waals surface area contributed by atoms with E-state index in [4.69, 9.17) is 0 Å². The fraction of sp³-hybridized carbons (Fsp3) is 0.167. The van der Waals surface area contributed by atoms with Crippen LogP contribution < -0.4 is 0 Å². The monoisotopic (exact) mass is 306 g/mol. The molecule has 0 saturated heterocycles. The molecule has 0 heterocycles. The summed E-state index contributed by atoms with van der Waals surface area (Å²) < 4.78 is 0. The predicted molar refractivity (Wildman–Crippen MR) is 101 cm³/mol. The molecule has 4 unspecified atom stereocenters. The van der Waals surface area contributed by atoms with E-state index in [-0.39, 0.29) is 0 Å². The van der Waals surface area contributed by atoms with Crippen molar-refractivity contribution in [2.45, 2.75) is 11.8 Å². The Kier molecular flexibility index (Phi) is 2.38. The zero-order chi connectivity index (χ0) is 15.7. The second-order valence-electron chi connectivity index (χ2n) is 7.34. The molecule has 0 radical (unpaired) electrons. The second kappa shape index (κ2) is 4.48. The van der Waals surface area contributed by atoms with Crippen molar-refractivity contribution in [2.24, 2.45) is 11.8 Å². The van der Waals surface area contributed by atoms with Gasteiger partial charge < -0.3 is 0 Å². The van der Waals surface area contributed by atoms with Crippen LogP contribution in [0.1, 0.15) is 45.2 Å². The van der Waals surface area contributed by atoms with Gasteiger partial charge in [-0.05, 0) is 45.2 Å². The molecule has 0 nitrogen and oxygen atoms in total.